The first-order valence-corrected chi connectivity index (χ1v) is 7.29. The topological polar surface area (TPSA) is 73.2 Å². The number of aromatic nitrogens is 2. The van der Waals surface area contributed by atoms with Gasteiger partial charge in [-0.05, 0) is 19.3 Å². The fraction of sp³-hybridized carbons (Fsp3) is 0.533. The maximum Gasteiger partial charge on any atom is 0.163 e. The Morgan fingerprint density at radius 3 is 2.60 bits per heavy atom. The fourth-order valence-electron chi connectivity index (χ4n) is 2.94. The van der Waals surface area contributed by atoms with Crippen LogP contribution in [-0.2, 0) is 6.42 Å². The smallest absolute Gasteiger partial charge is 0.163 e. The predicted molar refractivity (Wildman–Crippen MR) is 76.2 cm³/mol. The Labute approximate surface area is 117 Å². The molecule has 5 heteroatoms. The van der Waals surface area contributed by atoms with E-state index in [2.05, 4.69) is 9.97 Å². The van der Waals surface area contributed by atoms with Crippen LogP contribution < -0.4 is 15.2 Å². The van der Waals surface area contributed by atoms with Crippen LogP contribution in [0.15, 0.2) is 12.1 Å². The number of imidazole rings is 1. The third-order valence-electron chi connectivity index (χ3n) is 4.27. The van der Waals surface area contributed by atoms with Gasteiger partial charge in [-0.2, -0.15) is 0 Å². The molecule has 0 unspecified atom stereocenters. The van der Waals surface area contributed by atoms with Gasteiger partial charge in [0, 0.05) is 30.5 Å². The standard InChI is InChI=1S/C15H19N3O2/c16-15(3-1-4-15)9-14-17-10-7-12-13(8-11(10)18-14)20-6-2-5-19-12/h7-8H,1-6,9,16H2,(H,17,18). The summed E-state index contributed by atoms with van der Waals surface area (Å²) in [5, 5.41) is 0. The van der Waals surface area contributed by atoms with Gasteiger partial charge in [-0.15, -0.1) is 0 Å². The van der Waals surface area contributed by atoms with Gasteiger partial charge < -0.3 is 20.2 Å². The molecular formula is C15H19N3O2. The van der Waals surface area contributed by atoms with Crippen molar-refractivity contribution in [2.75, 3.05) is 13.2 Å². The second kappa shape index (κ2) is 4.38. The molecule has 1 aliphatic heterocycles. The predicted octanol–water partition coefficient (Wildman–Crippen LogP) is 2.15. The molecule has 2 heterocycles. The zero-order valence-corrected chi connectivity index (χ0v) is 11.4. The third-order valence-corrected chi connectivity index (χ3v) is 4.27. The summed E-state index contributed by atoms with van der Waals surface area (Å²) in [7, 11) is 0. The van der Waals surface area contributed by atoms with Crippen LogP contribution in [0.25, 0.3) is 11.0 Å². The van der Waals surface area contributed by atoms with Crippen molar-refractivity contribution in [3.63, 3.8) is 0 Å². The van der Waals surface area contributed by atoms with Crippen molar-refractivity contribution in [2.24, 2.45) is 5.73 Å². The molecule has 1 aromatic carbocycles. The lowest BCUT2D eigenvalue weighted by Gasteiger charge is -2.37. The lowest BCUT2D eigenvalue weighted by Crippen LogP contribution is -2.48. The van der Waals surface area contributed by atoms with E-state index in [1.807, 2.05) is 12.1 Å². The summed E-state index contributed by atoms with van der Waals surface area (Å²) in [6.07, 6.45) is 5.14. The first-order chi connectivity index (χ1) is 9.72. The minimum Gasteiger partial charge on any atom is -0.489 e. The number of nitrogens with one attached hydrogen (secondary N) is 1. The summed E-state index contributed by atoms with van der Waals surface area (Å²) < 4.78 is 11.4. The monoisotopic (exact) mass is 273 g/mol. The van der Waals surface area contributed by atoms with E-state index in [-0.39, 0.29) is 5.54 Å². The van der Waals surface area contributed by atoms with Gasteiger partial charge >= 0.3 is 0 Å². The van der Waals surface area contributed by atoms with E-state index >= 15 is 0 Å². The van der Waals surface area contributed by atoms with Crippen molar-refractivity contribution in [3.8, 4) is 11.5 Å². The van der Waals surface area contributed by atoms with Gasteiger partial charge in [-0.25, -0.2) is 4.98 Å². The molecule has 2 aliphatic rings. The summed E-state index contributed by atoms with van der Waals surface area (Å²) in [4.78, 5) is 8.01. The van der Waals surface area contributed by atoms with Gasteiger partial charge in [0.2, 0.25) is 0 Å². The van der Waals surface area contributed by atoms with Crippen LogP contribution in [0.4, 0.5) is 0 Å². The number of benzene rings is 1. The highest BCUT2D eigenvalue weighted by molar-refractivity contribution is 5.79. The Morgan fingerprint density at radius 1 is 1.15 bits per heavy atom. The number of ether oxygens (including phenoxy) is 2. The van der Waals surface area contributed by atoms with E-state index in [9.17, 15) is 0 Å². The molecule has 3 N–H and O–H groups in total. The molecule has 0 radical (unpaired) electrons. The Bertz CT molecular complexity index is 603. The van der Waals surface area contributed by atoms with Crippen LogP contribution in [-0.4, -0.2) is 28.7 Å². The number of nitrogens with zero attached hydrogens (tertiary/aromatic N) is 1. The second-order valence-corrected chi connectivity index (χ2v) is 5.94. The molecule has 2 aromatic rings. The van der Waals surface area contributed by atoms with Crippen LogP contribution in [0.1, 0.15) is 31.5 Å². The molecular weight excluding hydrogens is 254 g/mol. The Hall–Kier alpha value is -1.75. The molecule has 5 nitrogen and oxygen atoms in total. The van der Waals surface area contributed by atoms with Crippen LogP contribution in [0.3, 0.4) is 0 Å². The van der Waals surface area contributed by atoms with E-state index in [0.29, 0.717) is 13.2 Å². The zero-order valence-electron chi connectivity index (χ0n) is 11.4. The first-order valence-electron chi connectivity index (χ1n) is 7.29. The molecule has 1 aliphatic carbocycles. The molecule has 106 valence electrons. The Balaban J connectivity index is 1.68. The average molecular weight is 273 g/mol. The number of rotatable bonds is 2. The summed E-state index contributed by atoms with van der Waals surface area (Å²) in [5.74, 6) is 2.55. The highest BCUT2D eigenvalue weighted by Gasteiger charge is 2.33. The summed E-state index contributed by atoms with van der Waals surface area (Å²) in [6, 6.07) is 3.94. The van der Waals surface area contributed by atoms with Gasteiger partial charge in [0.15, 0.2) is 11.5 Å². The number of aromatic amines is 1. The normalized spacial score (nSPS) is 20.4. The van der Waals surface area contributed by atoms with Crippen molar-refractivity contribution < 1.29 is 9.47 Å². The Morgan fingerprint density at radius 2 is 1.90 bits per heavy atom. The van der Waals surface area contributed by atoms with Gasteiger partial charge in [0.25, 0.3) is 0 Å². The van der Waals surface area contributed by atoms with Gasteiger partial charge in [-0.1, -0.05) is 0 Å². The molecule has 1 fully saturated rings. The zero-order chi connectivity index (χ0) is 13.6. The SMILES string of the molecule is NC1(Cc2nc3cc4c(cc3[nH]2)OCCCO4)CCC1. The van der Waals surface area contributed by atoms with Gasteiger partial charge in [-0.3, -0.25) is 0 Å². The molecule has 4 rings (SSSR count). The number of hydrogen-bond donors (Lipinski definition) is 2. The summed E-state index contributed by atoms with van der Waals surface area (Å²) in [5.41, 5.74) is 8.15. The number of hydrogen-bond acceptors (Lipinski definition) is 4. The van der Waals surface area contributed by atoms with E-state index in [1.54, 1.807) is 0 Å². The quantitative estimate of drug-likeness (QED) is 0.879. The van der Waals surface area contributed by atoms with Crippen molar-refractivity contribution in [1.82, 2.24) is 9.97 Å². The first kappa shape index (κ1) is 12.0. The van der Waals surface area contributed by atoms with Crippen LogP contribution in [0, 0.1) is 0 Å². The molecule has 0 bridgehead atoms. The molecule has 0 atom stereocenters. The lowest BCUT2D eigenvalue weighted by molar-refractivity contribution is 0.244. The maximum atomic E-state index is 6.29. The number of H-pyrrole nitrogens is 1. The Kier molecular flexibility index (Phi) is 2.63. The lowest BCUT2D eigenvalue weighted by atomic mass is 9.75. The molecule has 0 amide bonds. The minimum atomic E-state index is -0.0576. The highest BCUT2D eigenvalue weighted by atomic mass is 16.5. The molecule has 20 heavy (non-hydrogen) atoms. The van der Waals surface area contributed by atoms with Crippen LogP contribution in [0.5, 0.6) is 11.5 Å². The number of fused-ring (bicyclic) bond motifs is 2. The molecule has 0 spiro atoms. The van der Waals surface area contributed by atoms with Crippen molar-refractivity contribution in [1.29, 1.82) is 0 Å². The van der Waals surface area contributed by atoms with Gasteiger partial charge in [0.05, 0.1) is 24.2 Å². The largest absolute Gasteiger partial charge is 0.489 e. The summed E-state index contributed by atoms with van der Waals surface area (Å²) in [6.45, 7) is 1.40. The summed E-state index contributed by atoms with van der Waals surface area (Å²) >= 11 is 0. The maximum absolute atomic E-state index is 6.29. The number of nitrogens with two attached hydrogens (primary N) is 1. The van der Waals surface area contributed by atoms with E-state index in [4.69, 9.17) is 15.2 Å². The average Bonchev–Trinajstić information content (AvgIpc) is 2.62. The third kappa shape index (κ3) is 2.02. The molecule has 0 saturated heterocycles. The molecule has 1 saturated carbocycles. The van der Waals surface area contributed by atoms with E-state index < -0.39 is 0 Å². The van der Waals surface area contributed by atoms with Crippen LogP contribution >= 0.6 is 0 Å². The van der Waals surface area contributed by atoms with Crippen LogP contribution in [0.2, 0.25) is 0 Å². The van der Waals surface area contributed by atoms with Gasteiger partial charge in [0.1, 0.15) is 5.82 Å². The van der Waals surface area contributed by atoms with Crippen molar-refractivity contribution in [3.05, 3.63) is 18.0 Å². The molecule has 1 aromatic heterocycles. The highest BCUT2D eigenvalue weighted by Crippen LogP contribution is 2.35. The van der Waals surface area contributed by atoms with E-state index in [0.717, 1.165) is 54.0 Å². The second-order valence-electron chi connectivity index (χ2n) is 5.94. The fourth-order valence-corrected chi connectivity index (χ4v) is 2.94. The van der Waals surface area contributed by atoms with E-state index in [1.165, 1.54) is 6.42 Å². The van der Waals surface area contributed by atoms with Crippen molar-refractivity contribution in [2.45, 2.75) is 37.6 Å². The van der Waals surface area contributed by atoms with Crippen molar-refractivity contribution >= 4 is 11.0 Å². The minimum absolute atomic E-state index is 0.0576.